The van der Waals surface area contributed by atoms with Gasteiger partial charge in [-0.05, 0) is 31.0 Å². The van der Waals surface area contributed by atoms with Crippen molar-refractivity contribution in [2.45, 2.75) is 32.7 Å². The average molecular weight is 227 g/mol. The lowest BCUT2D eigenvalue weighted by Crippen LogP contribution is -2.25. The highest BCUT2D eigenvalue weighted by molar-refractivity contribution is 5.98. The molecular weight excluding hydrogens is 210 g/mol. The fourth-order valence-electron chi connectivity index (χ4n) is 2.23. The predicted molar refractivity (Wildman–Crippen MR) is 68.9 cm³/mol. The van der Waals surface area contributed by atoms with E-state index in [1.54, 1.807) is 6.92 Å². The second-order valence-corrected chi connectivity index (χ2v) is 4.22. The molecule has 0 saturated carbocycles. The van der Waals surface area contributed by atoms with Crippen molar-refractivity contribution in [1.82, 2.24) is 5.32 Å². The van der Waals surface area contributed by atoms with Crippen LogP contribution >= 0.6 is 0 Å². The summed E-state index contributed by atoms with van der Waals surface area (Å²) in [6.07, 6.45) is 2.15. The van der Waals surface area contributed by atoms with E-state index in [1.165, 1.54) is 11.1 Å². The zero-order chi connectivity index (χ0) is 12.1. The van der Waals surface area contributed by atoms with Gasteiger partial charge in [-0.25, -0.2) is 0 Å². The third kappa shape index (κ3) is 2.75. The average Bonchev–Trinajstić information content (AvgIpc) is 2.38. The maximum absolute atomic E-state index is 12.1. The van der Waals surface area contributed by atoms with Gasteiger partial charge in [-0.1, -0.05) is 18.2 Å². The fourth-order valence-corrected chi connectivity index (χ4v) is 2.23. The molecule has 1 N–H and O–H groups in total. The number of hydrogen-bond acceptors (Lipinski definition) is 2. The molecule has 1 aliphatic heterocycles. The lowest BCUT2D eigenvalue weighted by molar-refractivity contribution is 0.0983. The molecule has 2 heteroatoms. The molecule has 0 aliphatic carbocycles. The number of benzene rings is 1. The van der Waals surface area contributed by atoms with Crippen LogP contribution < -0.4 is 5.32 Å². The first-order chi connectivity index (χ1) is 8.33. The number of fused-ring (bicyclic) bond motifs is 1. The van der Waals surface area contributed by atoms with E-state index in [0.29, 0.717) is 12.8 Å². The summed E-state index contributed by atoms with van der Waals surface area (Å²) >= 11 is 0. The van der Waals surface area contributed by atoms with E-state index in [1.807, 2.05) is 12.1 Å². The quantitative estimate of drug-likeness (QED) is 0.634. The maximum atomic E-state index is 12.1. The minimum Gasteiger partial charge on any atom is -0.312 e. The van der Waals surface area contributed by atoms with E-state index in [-0.39, 0.29) is 5.78 Å². The van der Waals surface area contributed by atoms with Crippen molar-refractivity contribution in [2.24, 2.45) is 0 Å². The van der Waals surface area contributed by atoms with Crippen molar-refractivity contribution in [2.75, 3.05) is 6.54 Å². The van der Waals surface area contributed by atoms with E-state index < -0.39 is 0 Å². The molecular formula is C15H17NO. The zero-order valence-corrected chi connectivity index (χ0v) is 10.2. The summed E-state index contributed by atoms with van der Waals surface area (Å²) in [5.41, 5.74) is 3.41. The topological polar surface area (TPSA) is 29.1 Å². The van der Waals surface area contributed by atoms with Gasteiger partial charge >= 0.3 is 0 Å². The minimum atomic E-state index is 0.228. The smallest absolute Gasteiger partial charge is 0.164 e. The Kier molecular flexibility index (Phi) is 3.95. The molecule has 88 valence electrons. The van der Waals surface area contributed by atoms with E-state index >= 15 is 0 Å². The van der Waals surface area contributed by atoms with Crippen LogP contribution in [0.25, 0.3) is 0 Å². The summed E-state index contributed by atoms with van der Waals surface area (Å²) in [4.78, 5) is 12.1. The summed E-state index contributed by atoms with van der Waals surface area (Å²) in [6, 6.07) is 6.03. The van der Waals surface area contributed by atoms with E-state index in [4.69, 9.17) is 0 Å². The lowest BCUT2D eigenvalue weighted by atomic mass is 9.92. The standard InChI is InChI=1S/C15H17NO/c1-2-3-4-8-15(17)14-7-5-6-12-11-16-10-9-13(12)14/h5-7,16H,4,8-11H2,1H3. The van der Waals surface area contributed by atoms with Crippen molar-refractivity contribution >= 4 is 5.78 Å². The van der Waals surface area contributed by atoms with Crippen LogP contribution in [0, 0.1) is 11.8 Å². The van der Waals surface area contributed by atoms with Gasteiger partial charge in [0.1, 0.15) is 0 Å². The van der Waals surface area contributed by atoms with Crippen molar-refractivity contribution in [3.8, 4) is 11.8 Å². The number of ketones is 1. The van der Waals surface area contributed by atoms with Crippen molar-refractivity contribution in [3.05, 3.63) is 34.9 Å². The molecule has 0 radical (unpaired) electrons. The molecule has 0 bridgehead atoms. The van der Waals surface area contributed by atoms with Crippen molar-refractivity contribution in [1.29, 1.82) is 0 Å². The van der Waals surface area contributed by atoms with Gasteiger partial charge in [0.2, 0.25) is 0 Å². The molecule has 1 aromatic rings. The second kappa shape index (κ2) is 5.65. The molecule has 1 aromatic carbocycles. The lowest BCUT2D eigenvalue weighted by Gasteiger charge is -2.19. The van der Waals surface area contributed by atoms with Crippen LogP contribution in [-0.4, -0.2) is 12.3 Å². The molecule has 0 atom stereocenters. The second-order valence-electron chi connectivity index (χ2n) is 4.22. The van der Waals surface area contributed by atoms with Gasteiger partial charge in [-0.15, -0.1) is 11.8 Å². The summed E-state index contributed by atoms with van der Waals surface area (Å²) in [5, 5.41) is 3.33. The molecule has 0 spiro atoms. The first kappa shape index (κ1) is 11.9. The Balaban J connectivity index is 2.19. The summed E-state index contributed by atoms with van der Waals surface area (Å²) in [6.45, 7) is 3.65. The first-order valence-corrected chi connectivity index (χ1v) is 6.07. The molecule has 1 aliphatic rings. The van der Waals surface area contributed by atoms with Gasteiger partial charge in [0.15, 0.2) is 5.78 Å². The highest BCUT2D eigenvalue weighted by Crippen LogP contribution is 2.20. The Morgan fingerprint density at radius 1 is 1.47 bits per heavy atom. The number of hydrogen-bond donors (Lipinski definition) is 1. The van der Waals surface area contributed by atoms with E-state index in [0.717, 1.165) is 25.1 Å². The molecule has 1 heterocycles. The van der Waals surface area contributed by atoms with Gasteiger partial charge in [0.25, 0.3) is 0 Å². The van der Waals surface area contributed by atoms with Gasteiger partial charge in [0.05, 0.1) is 0 Å². The Labute approximate surface area is 102 Å². The Morgan fingerprint density at radius 2 is 2.35 bits per heavy atom. The van der Waals surface area contributed by atoms with E-state index in [2.05, 4.69) is 23.2 Å². The van der Waals surface area contributed by atoms with Crippen LogP contribution in [0.2, 0.25) is 0 Å². The normalized spacial score (nSPS) is 13.5. The van der Waals surface area contributed by atoms with Crippen LogP contribution in [-0.2, 0) is 13.0 Å². The molecule has 0 aromatic heterocycles. The fraction of sp³-hybridized carbons (Fsp3) is 0.400. The SMILES string of the molecule is CC#CCCC(=O)c1cccc2c1CCNC2. The Bertz CT molecular complexity index is 479. The number of rotatable bonds is 3. The van der Waals surface area contributed by atoms with Crippen LogP contribution in [0.1, 0.15) is 41.3 Å². The van der Waals surface area contributed by atoms with Crippen molar-refractivity contribution < 1.29 is 4.79 Å². The van der Waals surface area contributed by atoms with E-state index in [9.17, 15) is 4.79 Å². The molecule has 2 nitrogen and oxygen atoms in total. The van der Waals surface area contributed by atoms with Gasteiger partial charge in [0, 0.05) is 24.9 Å². The van der Waals surface area contributed by atoms with Crippen LogP contribution in [0.15, 0.2) is 18.2 Å². The van der Waals surface area contributed by atoms with Crippen LogP contribution in [0.4, 0.5) is 0 Å². The van der Waals surface area contributed by atoms with Gasteiger partial charge in [-0.2, -0.15) is 0 Å². The third-order valence-electron chi connectivity index (χ3n) is 3.09. The molecule has 0 saturated heterocycles. The molecule has 0 fully saturated rings. The predicted octanol–water partition coefficient (Wildman–Crippen LogP) is 2.32. The molecule has 0 amide bonds. The molecule has 17 heavy (non-hydrogen) atoms. The summed E-state index contributed by atoms with van der Waals surface area (Å²) < 4.78 is 0. The van der Waals surface area contributed by atoms with Crippen molar-refractivity contribution in [3.63, 3.8) is 0 Å². The largest absolute Gasteiger partial charge is 0.312 e. The van der Waals surface area contributed by atoms with Crippen LogP contribution in [0.3, 0.4) is 0 Å². The zero-order valence-electron chi connectivity index (χ0n) is 10.2. The number of Topliss-reactive ketones (excluding diaryl/α,β-unsaturated/α-hetero) is 1. The first-order valence-electron chi connectivity index (χ1n) is 6.07. The van der Waals surface area contributed by atoms with Gasteiger partial charge in [-0.3, -0.25) is 4.79 Å². The summed E-state index contributed by atoms with van der Waals surface area (Å²) in [7, 11) is 0. The summed E-state index contributed by atoms with van der Waals surface area (Å²) in [5.74, 6) is 6.00. The van der Waals surface area contributed by atoms with Crippen LogP contribution in [0.5, 0.6) is 0 Å². The number of carbonyl (C=O) groups excluding carboxylic acids is 1. The Morgan fingerprint density at radius 3 is 3.18 bits per heavy atom. The maximum Gasteiger partial charge on any atom is 0.164 e. The minimum absolute atomic E-state index is 0.228. The van der Waals surface area contributed by atoms with Gasteiger partial charge < -0.3 is 5.32 Å². The molecule has 0 unspecified atom stereocenters. The number of nitrogens with one attached hydrogen (secondary N) is 1. The number of carbonyl (C=O) groups is 1. The highest BCUT2D eigenvalue weighted by atomic mass is 16.1. The Hall–Kier alpha value is -1.59. The molecule has 2 rings (SSSR count). The highest BCUT2D eigenvalue weighted by Gasteiger charge is 2.16. The monoisotopic (exact) mass is 227 g/mol. The third-order valence-corrected chi connectivity index (χ3v) is 3.09.